The Morgan fingerprint density at radius 3 is 2.21 bits per heavy atom. The van der Waals surface area contributed by atoms with Gasteiger partial charge >= 0.3 is 6.09 Å². The molecule has 0 bridgehead atoms. The van der Waals surface area contributed by atoms with Crippen molar-refractivity contribution in [2.45, 2.75) is 32.8 Å². The van der Waals surface area contributed by atoms with E-state index in [-0.39, 0.29) is 5.91 Å². The van der Waals surface area contributed by atoms with Gasteiger partial charge in [-0.25, -0.2) is 4.79 Å². The Bertz CT molecular complexity index is 1400. The standard InChI is InChI=1S/C32H33N3O4/c1-32(2,3)39-31(37)35(22-20-24-9-7-8-21-33-24)26-16-14-25(15-17-26)34-30(36)29-11-6-5-10-28(29)23-12-18-27(38-4)19-13-23/h5-19,21H,20,22H2,1-4H3,(H,34,36). The normalized spacial score (nSPS) is 11.0. The molecule has 0 aliphatic heterocycles. The van der Waals surface area contributed by atoms with E-state index in [1.807, 2.05) is 81.4 Å². The van der Waals surface area contributed by atoms with Crippen LogP contribution in [0.2, 0.25) is 0 Å². The van der Waals surface area contributed by atoms with Gasteiger partial charge in [0.1, 0.15) is 11.4 Å². The molecular weight excluding hydrogens is 490 g/mol. The van der Waals surface area contributed by atoms with Crippen LogP contribution in [0.3, 0.4) is 0 Å². The molecule has 0 atom stereocenters. The van der Waals surface area contributed by atoms with Crippen molar-refractivity contribution in [1.82, 2.24) is 4.98 Å². The SMILES string of the molecule is COc1ccc(-c2ccccc2C(=O)Nc2ccc(N(CCc3ccccn3)C(=O)OC(C)(C)C)cc2)cc1. The molecule has 0 saturated carbocycles. The fourth-order valence-electron chi connectivity index (χ4n) is 4.04. The van der Waals surface area contributed by atoms with Crippen molar-refractivity contribution in [2.24, 2.45) is 0 Å². The number of nitrogens with zero attached hydrogens (tertiary/aromatic N) is 2. The fraction of sp³-hybridized carbons (Fsp3) is 0.219. The van der Waals surface area contributed by atoms with Crippen LogP contribution in [0.4, 0.5) is 16.2 Å². The average molecular weight is 524 g/mol. The number of methoxy groups -OCH3 is 1. The molecule has 1 N–H and O–H groups in total. The summed E-state index contributed by atoms with van der Waals surface area (Å²) in [5.41, 5.74) is 3.81. The van der Waals surface area contributed by atoms with Gasteiger partial charge in [-0.2, -0.15) is 0 Å². The number of carbonyl (C=O) groups excluding carboxylic acids is 2. The van der Waals surface area contributed by atoms with Crippen molar-refractivity contribution in [1.29, 1.82) is 0 Å². The van der Waals surface area contributed by atoms with E-state index >= 15 is 0 Å². The zero-order valence-electron chi connectivity index (χ0n) is 22.7. The lowest BCUT2D eigenvalue weighted by Gasteiger charge is -2.27. The van der Waals surface area contributed by atoms with Gasteiger partial charge in [0.25, 0.3) is 5.91 Å². The van der Waals surface area contributed by atoms with E-state index in [1.165, 1.54) is 0 Å². The van der Waals surface area contributed by atoms with Crippen molar-refractivity contribution < 1.29 is 19.1 Å². The second-order valence-electron chi connectivity index (χ2n) is 9.98. The third kappa shape index (κ3) is 7.45. The van der Waals surface area contributed by atoms with E-state index in [0.717, 1.165) is 22.6 Å². The first-order valence-electron chi connectivity index (χ1n) is 12.8. The number of ether oxygens (including phenoxy) is 2. The highest BCUT2D eigenvalue weighted by Gasteiger charge is 2.23. The molecule has 39 heavy (non-hydrogen) atoms. The number of aromatic nitrogens is 1. The molecule has 0 radical (unpaired) electrons. The quantitative estimate of drug-likeness (QED) is 0.269. The van der Waals surface area contributed by atoms with Crippen molar-refractivity contribution in [3.63, 3.8) is 0 Å². The topological polar surface area (TPSA) is 80.8 Å². The summed E-state index contributed by atoms with van der Waals surface area (Å²) in [6.45, 7) is 5.91. The zero-order valence-corrected chi connectivity index (χ0v) is 22.7. The molecule has 3 aromatic carbocycles. The molecule has 0 aliphatic carbocycles. The summed E-state index contributed by atoms with van der Waals surface area (Å²) < 4.78 is 10.9. The van der Waals surface area contributed by atoms with Crippen LogP contribution in [0.25, 0.3) is 11.1 Å². The molecule has 2 amide bonds. The molecule has 0 aliphatic rings. The minimum absolute atomic E-state index is 0.228. The lowest BCUT2D eigenvalue weighted by molar-refractivity contribution is 0.0580. The molecule has 0 spiro atoms. The van der Waals surface area contributed by atoms with Crippen LogP contribution in [0, 0.1) is 0 Å². The van der Waals surface area contributed by atoms with Gasteiger partial charge in [-0.3, -0.25) is 14.7 Å². The van der Waals surface area contributed by atoms with Crippen molar-refractivity contribution in [3.05, 3.63) is 108 Å². The lowest BCUT2D eigenvalue weighted by Crippen LogP contribution is -2.38. The van der Waals surface area contributed by atoms with Gasteiger partial charge in [0.15, 0.2) is 0 Å². The first-order chi connectivity index (χ1) is 18.7. The van der Waals surface area contributed by atoms with Crippen molar-refractivity contribution in [3.8, 4) is 16.9 Å². The van der Waals surface area contributed by atoms with E-state index < -0.39 is 11.7 Å². The molecule has 7 nitrogen and oxygen atoms in total. The number of nitrogens with one attached hydrogen (secondary N) is 1. The molecule has 0 fully saturated rings. The summed E-state index contributed by atoms with van der Waals surface area (Å²) in [7, 11) is 1.62. The second kappa shape index (κ2) is 12.3. The third-order valence-corrected chi connectivity index (χ3v) is 5.94. The molecule has 0 unspecified atom stereocenters. The van der Waals surface area contributed by atoms with E-state index in [9.17, 15) is 9.59 Å². The van der Waals surface area contributed by atoms with E-state index in [4.69, 9.17) is 9.47 Å². The van der Waals surface area contributed by atoms with Crippen molar-refractivity contribution in [2.75, 3.05) is 23.9 Å². The van der Waals surface area contributed by atoms with Gasteiger partial charge in [0.05, 0.1) is 7.11 Å². The maximum absolute atomic E-state index is 13.2. The molecule has 4 rings (SSSR count). The predicted molar refractivity (Wildman–Crippen MR) is 154 cm³/mol. The molecule has 200 valence electrons. The summed E-state index contributed by atoms with van der Waals surface area (Å²) in [6, 6.07) is 27.9. The molecule has 1 heterocycles. The van der Waals surface area contributed by atoms with Crippen LogP contribution in [0.5, 0.6) is 5.75 Å². The highest BCUT2D eigenvalue weighted by Crippen LogP contribution is 2.27. The summed E-state index contributed by atoms with van der Waals surface area (Å²) >= 11 is 0. The van der Waals surface area contributed by atoms with Gasteiger partial charge < -0.3 is 14.8 Å². The number of anilines is 2. The minimum Gasteiger partial charge on any atom is -0.497 e. The minimum atomic E-state index is -0.633. The largest absolute Gasteiger partial charge is 0.497 e. The molecule has 0 saturated heterocycles. The number of benzene rings is 3. The first-order valence-corrected chi connectivity index (χ1v) is 12.8. The third-order valence-electron chi connectivity index (χ3n) is 5.94. The van der Waals surface area contributed by atoms with Crippen molar-refractivity contribution >= 4 is 23.4 Å². The Morgan fingerprint density at radius 2 is 1.56 bits per heavy atom. The summed E-state index contributed by atoms with van der Waals surface area (Å²) in [5.74, 6) is 0.523. The first kappa shape index (κ1) is 27.4. The smallest absolute Gasteiger partial charge is 0.414 e. The van der Waals surface area contributed by atoms with Crippen LogP contribution in [0.15, 0.2) is 97.2 Å². The maximum atomic E-state index is 13.2. The van der Waals surface area contributed by atoms with Gasteiger partial charge in [-0.05, 0) is 86.5 Å². The van der Waals surface area contributed by atoms with Gasteiger partial charge in [0, 0.05) is 41.8 Å². The summed E-state index contributed by atoms with van der Waals surface area (Å²) in [5, 5.41) is 2.97. The zero-order chi connectivity index (χ0) is 27.8. The number of rotatable bonds is 8. The second-order valence-corrected chi connectivity index (χ2v) is 9.98. The number of pyridine rings is 1. The Hall–Kier alpha value is -4.65. The highest BCUT2D eigenvalue weighted by molar-refractivity contribution is 6.08. The molecule has 4 aromatic rings. The Kier molecular flexibility index (Phi) is 8.61. The van der Waals surface area contributed by atoms with E-state index in [1.54, 1.807) is 48.5 Å². The summed E-state index contributed by atoms with van der Waals surface area (Å²) in [6.07, 6.45) is 1.86. The van der Waals surface area contributed by atoms with Crippen LogP contribution in [-0.4, -0.2) is 36.2 Å². The van der Waals surface area contributed by atoms with Gasteiger partial charge in [-0.1, -0.05) is 36.4 Å². The molecule has 7 heteroatoms. The van der Waals surface area contributed by atoms with E-state index in [0.29, 0.717) is 29.9 Å². The fourth-order valence-corrected chi connectivity index (χ4v) is 4.04. The maximum Gasteiger partial charge on any atom is 0.414 e. The highest BCUT2D eigenvalue weighted by atomic mass is 16.6. The molecule has 1 aromatic heterocycles. The number of hydrogen-bond acceptors (Lipinski definition) is 5. The monoisotopic (exact) mass is 523 g/mol. The van der Waals surface area contributed by atoms with Gasteiger partial charge in [-0.15, -0.1) is 0 Å². The number of amides is 2. The predicted octanol–water partition coefficient (Wildman–Crippen LogP) is 6.99. The molecular formula is C32H33N3O4. The van der Waals surface area contributed by atoms with Crippen LogP contribution < -0.4 is 15.0 Å². The van der Waals surface area contributed by atoms with Crippen LogP contribution in [-0.2, 0) is 11.2 Å². The Morgan fingerprint density at radius 1 is 0.872 bits per heavy atom. The number of hydrogen-bond donors (Lipinski definition) is 1. The van der Waals surface area contributed by atoms with Gasteiger partial charge in [0.2, 0.25) is 0 Å². The van der Waals surface area contributed by atoms with E-state index in [2.05, 4.69) is 10.3 Å². The van der Waals surface area contributed by atoms with Crippen LogP contribution in [0.1, 0.15) is 36.8 Å². The van der Waals surface area contributed by atoms with Crippen LogP contribution >= 0.6 is 0 Å². The number of carbonyl (C=O) groups is 2. The summed E-state index contributed by atoms with van der Waals surface area (Å²) in [4.78, 5) is 32.2. The lowest BCUT2D eigenvalue weighted by atomic mass is 9.99. The Balaban J connectivity index is 1.51. The Labute approximate surface area is 229 Å². The average Bonchev–Trinajstić information content (AvgIpc) is 2.93.